The Labute approximate surface area is 195 Å². The van der Waals surface area contributed by atoms with Crippen LogP contribution in [0.25, 0.3) is 22.3 Å². The van der Waals surface area contributed by atoms with Crippen LogP contribution < -0.4 is 10.6 Å². The number of hydrogen-bond donors (Lipinski definition) is 0. The van der Waals surface area contributed by atoms with Gasteiger partial charge in [0.15, 0.2) is 5.65 Å². The van der Waals surface area contributed by atoms with Gasteiger partial charge in [-0.05, 0) is 49.1 Å². The highest BCUT2D eigenvalue weighted by atomic mass is 35.5. The van der Waals surface area contributed by atoms with Crippen LogP contribution in [0, 0.1) is 0 Å². The zero-order chi connectivity index (χ0) is 22.2. The molecule has 0 radical (unpaired) electrons. The fraction of sp³-hybridized carbons (Fsp3) is 0.348. The van der Waals surface area contributed by atoms with E-state index in [1.807, 2.05) is 43.3 Å². The summed E-state index contributed by atoms with van der Waals surface area (Å²) in [5.74, 6) is 0.599. The van der Waals surface area contributed by atoms with Crippen molar-refractivity contribution in [3.8, 4) is 11.1 Å². The normalized spacial score (nSPS) is 16.9. The summed E-state index contributed by atoms with van der Waals surface area (Å²) in [6, 6.07) is 7.57. The molecule has 9 heteroatoms. The lowest BCUT2D eigenvalue weighted by Crippen LogP contribution is -2.39. The van der Waals surface area contributed by atoms with Crippen molar-refractivity contribution in [2.24, 2.45) is 0 Å². The Kier molecular flexibility index (Phi) is 5.80. The Morgan fingerprint density at radius 2 is 1.81 bits per heavy atom. The highest BCUT2D eigenvalue weighted by Gasteiger charge is 2.26. The van der Waals surface area contributed by atoms with Gasteiger partial charge >= 0.3 is 5.69 Å². The number of benzene rings is 1. The van der Waals surface area contributed by atoms with Gasteiger partial charge in [-0.3, -0.25) is 0 Å². The number of halogens is 2. The predicted molar refractivity (Wildman–Crippen MR) is 128 cm³/mol. The molecule has 1 aliphatic carbocycles. The SMILES string of the molecule is CCn1nc2c(-c3ccc(Cl)cc3)c(C3=CC=C(Cl)CC3)nc(N3CCOCC3)n2c1=O. The summed E-state index contributed by atoms with van der Waals surface area (Å²) in [6.07, 6.45) is 5.45. The third kappa shape index (κ3) is 3.74. The van der Waals surface area contributed by atoms with Crippen molar-refractivity contribution in [1.82, 2.24) is 19.2 Å². The van der Waals surface area contributed by atoms with Crippen LogP contribution in [-0.4, -0.2) is 45.5 Å². The molecule has 0 bridgehead atoms. The quantitative estimate of drug-likeness (QED) is 0.565. The van der Waals surface area contributed by atoms with Crippen molar-refractivity contribution in [3.63, 3.8) is 0 Å². The van der Waals surface area contributed by atoms with Crippen molar-refractivity contribution in [3.05, 3.63) is 62.7 Å². The summed E-state index contributed by atoms with van der Waals surface area (Å²) in [7, 11) is 0. The highest BCUT2D eigenvalue weighted by molar-refractivity contribution is 6.30. The fourth-order valence-corrected chi connectivity index (χ4v) is 4.45. The first-order valence-electron chi connectivity index (χ1n) is 10.7. The number of fused-ring (bicyclic) bond motifs is 1. The number of anilines is 1. The molecule has 0 saturated carbocycles. The number of nitrogens with zero attached hydrogens (tertiary/aromatic N) is 5. The highest BCUT2D eigenvalue weighted by Crippen LogP contribution is 2.37. The number of aromatic nitrogens is 4. The van der Waals surface area contributed by atoms with E-state index in [1.165, 1.54) is 4.68 Å². The second kappa shape index (κ2) is 8.73. The smallest absolute Gasteiger partial charge is 0.353 e. The number of hydrogen-bond acceptors (Lipinski definition) is 5. The molecular weight excluding hydrogens is 449 g/mol. The van der Waals surface area contributed by atoms with Crippen molar-refractivity contribution in [1.29, 1.82) is 0 Å². The van der Waals surface area contributed by atoms with E-state index in [1.54, 1.807) is 4.40 Å². The van der Waals surface area contributed by atoms with Crippen LogP contribution in [0.15, 0.2) is 46.2 Å². The molecular formula is C23H23Cl2N5O2. The topological polar surface area (TPSA) is 64.7 Å². The Morgan fingerprint density at radius 3 is 2.47 bits per heavy atom. The number of allylic oxidation sites excluding steroid dienone is 4. The summed E-state index contributed by atoms with van der Waals surface area (Å²) in [6.45, 7) is 4.89. The molecule has 1 aliphatic heterocycles. The first-order valence-corrected chi connectivity index (χ1v) is 11.5. The van der Waals surface area contributed by atoms with E-state index in [2.05, 4.69) is 4.90 Å². The van der Waals surface area contributed by atoms with E-state index in [0.29, 0.717) is 49.5 Å². The van der Waals surface area contributed by atoms with Crippen LogP contribution in [0.5, 0.6) is 0 Å². The van der Waals surface area contributed by atoms with E-state index < -0.39 is 0 Å². The number of rotatable bonds is 4. The zero-order valence-corrected chi connectivity index (χ0v) is 19.2. The average Bonchev–Trinajstić information content (AvgIpc) is 3.16. The molecule has 0 spiro atoms. The maximum atomic E-state index is 13.3. The Balaban J connectivity index is 1.85. The maximum Gasteiger partial charge on any atom is 0.353 e. The van der Waals surface area contributed by atoms with Gasteiger partial charge in [-0.15, -0.1) is 5.10 Å². The molecule has 2 aromatic heterocycles. The largest absolute Gasteiger partial charge is 0.378 e. The van der Waals surface area contributed by atoms with Crippen LogP contribution in [0.2, 0.25) is 5.02 Å². The average molecular weight is 472 g/mol. The second-order valence-corrected chi connectivity index (χ2v) is 8.73. The molecule has 0 N–H and O–H groups in total. The van der Waals surface area contributed by atoms with E-state index in [4.69, 9.17) is 38.0 Å². The van der Waals surface area contributed by atoms with E-state index in [-0.39, 0.29) is 5.69 Å². The third-order valence-electron chi connectivity index (χ3n) is 5.84. The van der Waals surface area contributed by atoms with Crippen LogP contribution in [0.4, 0.5) is 5.95 Å². The minimum absolute atomic E-state index is 0.196. The molecule has 3 heterocycles. The summed E-state index contributed by atoms with van der Waals surface area (Å²) in [4.78, 5) is 20.5. The predicted octanol–water partition coefficient (Wildman–Crippen LogP) is 4.37. The van der Waals surface area contributed by atoms with Gasteiger partial charge in [0.2, 0.25) is 5.95 Å². The lowest BCUT2D eigenvalue weighted by molar-refractivity contribution is 0.122. The van der Waals surface area contributed by atoms with Gasteiger partial charge in [0, 0.05) is 29.7 Å². The van der Waals surface area contributed by atoms with Gasteiger partial charge in [-0.25, -0.2) is 18.9 Å². The van der Waals surface area contributed by atoms with Crippen molar-refractivity contribution in [2.75, 3.05) is 31.2 Å². The molecule has 2 aliphatic rings. The van der Waals surface area contributed by atoms with E-state index >= 15 is 0 Å². The number of morpholine rings is 1. The lowest BCUT2D eigenvalue weighted by Gasteiger charge is -2.29. The monoisotopic (exact) mass is 471 g/mol. The fourth-order valence-electron chi connectivity index (χ4n) is 4.17. The van der Waals surface area contributed by atoms with Crippen molar-refractivity contribution >= 4 is 40.4 Å². The Hall–Kier alpha value is -2.61. The maximum absolute atomic E-state index is 13.3. The molecule has 1 fully saturated rings. The summed E-state index contributed by atoms with van der Waals surface area (Å²) < 4.78 is 8.64. The molecule has 7 nitrogen and oxygen atoms in total. The molecule has 1 aromatic carbocycles. The van der Waals surface area contributed by atoms with Gasteiger partial charge < -0.3 is 9.64 Å². The van der Waals surface area contributed by atoms with Crippen LogP contribution in [0.3, 0.4) is 0 Å². The van der Waals surface area contributed by atoms with Gasteiger partial charge in [0.1, 0.15) is 0 Å². The lowest BCUT2D eigenvalue weighted by atomic mass is 9.95. The van der Waals surface area contributed by atoms with Gasteiger partial charge in [0.25, 0.3) is 0 Å². The van der Waals surface area contributed by atoms with Gasteiger partial charge in [-0.2, -0.15) is 0 Å². The Bertz CT molecular complexity index is 1280. The molecule has 5 rings (SSSR count). The first-order chi connectivity index (χ1) is 15.6. The van der Waals surface area contributed by atoms with Crippen LogP contribution >= 0.6 is 23.2 Å². The van der Waals surface area contributed by atoms with Crippen LogP contribution in [-0.2, 0) is 11.3 Å². The number of ether oxygens (including phenoxy) is 1. The summed E-state index contributed by atoms with van der Waals surface area (Å²) in [5, 5.41) is 6.19. The summed E-state index contributed by atoms with van der Waals surface area (Å²) in [5.41, 5.74) is 4.00. The standard InChI is InChI=1S/C23H23Cl2N5O2/c1-2-29-23(31)30-21(27-29)19(15-3-7-17(24)8-4-15)20(16-5-9-18(25)10-6-16)26-22(30)28-11-13-32-14-12-28/h3-5,7-9H,2,6,10-14H2,1H3. The van der Waals surface area contributed by atoms with E-state index in [0.717, 1.165) is 40.3 Å². The summed E-state index contributed by atoms with van der Waals surface area (Å²) >= 11 is 12.4. The molecule has 3 aromatic rings. The van der Waals surface area contributed by atoms with Crippen molar-refractivity contribution < 1.29 is 4.74 Å². The number of aryl methyl sites for hydroxylation is 1. The zero-order valence-electron chi connectivity index (χ0n) is 17.7. The molecule has 0 unspecified atom stereocenters. The first kappa shape index (κ1) is 21.2. The second-order valence-electron chi connectivity index (χ2n) is 7.80. The van der Waals surface area contributed by atoms with Gasteiger partial charge in [0.05, 0.1) is 24.5 Å². The molecule has 32 heavy (non-hydrogen) atoms. The van der Waals surface area contributed by atoms with Crippen molar-refractivity contribution in [2.45, 2.75) is 26.3 Å². The minimum Gasteiger partial charge on any atom is -0.378 e. The molecule has 1 saturated heterocycles. The Morgan fingerprint density at radius 1 is 1.06 bits per heavy atom. The molecule has 166 valence electrons. The third-order valence-corrected chi connectivity index (χ3v) is 6.41. The minimum atomic E-state index is -0.196. The van der Waals surface area contributed by atoms with E-state index in [9.17, 15) is 4.79 Å². The molecule has 0 atom stereocenters. The molecule has 0 amide bonds. The van der Waals surface area contributed by atoms with Crippen LogP contribution in [0.1, 0.15) is 25.5 Å². The van der Waals surface area contributed by atoms with Gasteiger partial charge in [-0.1, -0.05) is 41.4 Å².